The zero-order valence-electron chi connectivity index (χ0n) is 13.2. The molecule has 1 aromatic heterocycles. The lowest BCUT2D eigenvalue weighted by Crippen LogP contribution is -1.96. The van der Waals surface area contributed by atoms with Crippen molar-refractivity contribution >= 4 is 10.9 Å². The topological polar surface area (TPSA) is 22.1 Å². The van der Waals surface area contributed by atoms with E-state index in [0.717, 1.165) is 33.3 Å². The molecule has 0 aliphatic carbocycles. The highest BCUT2D eigenvalue weighted by molar-refractivity contribution is 5.94. The van der Waals surface area contributed by atoms with Crippen LogP contribution < -0.4 is 4.74 Å². The van der Waals surface area contributed by atoms with Gasteiger partial charge in [0, 0.05) is 17.1 Å². The van der Waals surface area contributed by atoms with Crippen molar-refractivity contribution in [2.45, 2.75) is 6.61 Å². The molecule has 0 unspecified atom stereocenters. The van der Waals surface area contributed by atoms with E-state index in [1.54, 1.807) is 0 Å². The largest absolute Gasteiger partial charge is 0.489 e. The Morgan fingerprint density at radius 1 is 0.750 bits per heavy atom. The Bertz CT molecular complexity index is 949. The summed E-state index contributed by atoms with van der Waals surface area (Å²) < 4.78 is 6.03. The maximum absolute atomic E-state index is 6.03. The molecule has 2 heteroatoms. The third-order valence-corrected chi connectivity index (χ3v) is 4.01. The van der Waals surface area contributed by atoms with E-state index in [-0.39, 0.29) is 0 Å². The van der Waals surface area contributed by atoms with Crippen molar-refractivity contribution in [2.24, 2.45) is 0 Å². The first-order chi connectivity index (χ1) is 11.9. The quantitative estimate of drug-likeness (QED) is 0.498. The van der Waals surface area contributed by atoms with Gasteiger partial charge >= 0.3 is 0 Å². The van der Waals surface area contributed by atoms with E-state index in [0.29, 0.717) is 6.61 Å². The summed E-state index contributed by atoms with van der Waals surface area (Å²) in [5, 5.41) is 1.09. The van der Waals surface area contributed by atoms with Gasteiger partial charge in [-0.25, -0.2) is 0 Å². The van der Waals surface area contributed by atoms with Gasteiger partial charge in [-0.1, -0.05) is 66.7 Å². The fourth-order valence-corrected chi connectivity index (χ4v) is 2.83. The third kappa shape index (κ3) is 2.99. The first-order valence-corrected chi connectivity index (χ1v) is 8.01. The zero-order valence-corrected chi connectivity index (χ0v) is 13.2. The number of benzene rings is 3. The Hall–Kier alpha value is -3.13. The Morgan fingerprint density at radius 2 is 1.50 bits per heavy atom. The minimum Gasteiger partial charge on any atom is -0.489 e. The van der Waals surface area contributed by atoms with Gasteiger partial charge < -0.3 is 4.74 Å². The second kappa shape index (κ2) is 6.55. The van der Waals surface area contributed by atoms with Crippen LogP contribution >= 0.6 is 0 Å². The van der Waals surface area contributed by atoms with Gasteiger partial charge in [0.25, 0.3) is 0 Å². The molecule has 0 bridgehead atoms. The van der Waals surface area contributed by atoms with Crippen LogP contribution in [-0.2, 0) is 6.61 Å². The minimum atomic E-state index is 0.556. The molecule has 0 radical (unpaired) electrons. The molecule has 0 spiro atoms. The molecular weight excluding hydrogens is 294 g/mol. The highest BCUT2D eigenvalue weighted by Crippen LogP contribution is 2.32. The molecule has 116 valence electrons. The van der Waals surface area contributed by atoms with Crippen molar-refractivity contribution in [3.05, 3.63) is 96.7 Å². The van der Waals surface area contributed by atoms with Gasteiger partial charge in [0.15, 0.2) is 0 Å². The maximum Gasteiger partial charge on any atom is 0.121 e. The van der Waals surface area contributed by atoms with Gasteiger partial charge in [-0.3, -0.25) is 4.98 Å². The molecular formula is C22H17NO. The summed E-state index contributed by atoms with van der Waals surface area (Å²) in [4.78, 5) is 4.56. The van der Waals surface area contributed by atoms with E-state index >= 15 is 0 Å². The van der Waals surface area contributed by atoms with E-state index in [9.17, 15) is 0 Å². The molecule has 24 heavy (non-hydrogen) atoms. The van der Waals surface area contributed by atoms with E-state index in [1.165, 1.54) is 0 Å². The normalized spacial score (nSPS) is 10.7. The van der Waals surface area contributed by atoms with Crippen LogP contribution in [0.3, 0.4) is 0 Å². The van der Waals surface area contributed by atoms with E-state index in [1.807, 2.05) is 48.7 Å². The smallest absolute Gasteiger partial charge is 0.121 e. The van der Waals surface area contributed by atoms with Gasteiger partial charge in [-0.05, 0) is 29.3 Å². The monoisotopic (exact) mass is 311 g/mol. The number of ether oxygens (including phenoxy) is 1. The summed E-state index contributed by atoms with van der Waals surface area (Å²) in [6.07, 6.45) is 1.83. The Labute approximate surface area is 141 Å². The lowest BCUT2D eigenvalue weighted by atomic mass is 10.0. The van der Waals surface area contributed by atoms with Crippen molar-refractivity contribution in [1.82, 2.24) is 4.98 Å². The van der Waals surface area contributed by atoms with Crippen LogP contribution in [0.4, 0.5) is 0 Å². The summed E-state index contributed by atoms with van der Waals surface area (Å²) >= 11 is 0. The number of fused-ring (bicyclic) bond motifs is 1. The van der Waals surface area contributed by atoms with Crippen LogP contribution in [0.5, 0.6) is 5.75 Å². The molecule has 4 rings (SSSR count). The Kier molecular flexibility index (Phi) is 3.95. The first kappa shape index (κ1) is 14.5. The molecule has 2 nitrogen and oxygen atoms in total. The second-order valence-corrected chi connectivity index (χ2v) is 5.69. The van der Waals surface area contributed by atoms with Crippen LogP contribution in [0.1, 0.15) is 5.56 Å². The summed E-state index contributed by atoms with van der Waals surface area (Å²) in [5.41, 5.74) is 4.39. The summed E-state index contributed by atoms with van der Waals surface area (Å²) in [5.74, 6) is 0.859. The number of pyridine rings is 1. The third-order valence-electron chi connectivity index (χ3n) is 4.01. The van der Waals surface area contributed by atoms with Crippen LogP contribution in [0, 0.1) is 0 Å². The van der Waals surface area contributed by atoms with Gasteiger partial charge in [0.05, 0.1) is 5.52 Å². The van der Waals surface area contributed by atoms with Crippen LogP contribution in [0.2, 0.25) is 0 Å². The van der Waals surface area contributed by atoms with Gasteiger partial charge in [-0.15, -0.1) is 0 Å². The van der Waals surface area contributed by atoms with Crippen molar-refractivity contribution in [3.63, 3.8) is 0 Å². The van der Waals surface area contributed by atoms with Gasteiger partial charge in [-0.2, -0.15) is 0 Å². The molecule has 0 amide bonds. The Balaban J connectivity index is 1.74. The molecule has 0 aliphatic heterocycles. The molecule has 4 aromatic rings. The number of rotatable bonds is 4. The van der Waals surface area contributed by atoms with E-state index < -0.39 is 0 Å². The second-order valence-electron chi connectivity index (χ2n) is 5.69. The standard InChI is InChI=1S/C22H17NO/c1-3-8-17(9-4-1)16-24-20-14-19-12-7-13-23-22(19)21(15-20)18-10-5-2-6-11-18/h1-15H,16H2. The SMILES string of the molecule is c1ccc(COc2cc(-c3ccccc3)c3ncccc3c2)cc1. The predicted molar refractivity (Wildman–Crippen MR) is 98.0 cm³/mol. The minimum absolute atomic E-state index is 0.556. The van der Waals surface area contributed by atoms with E-state index in [4.69, 9.17) is 4.74 Å². The first-order valence-electron chi connectivity index (χ1n) is 8.01. The Morgan fingerprint density at radius 3 is 2.29 bits per heavy atom. The molecule has 0 fully saturated rings. The lowest BCUT2D eigenvalue weighted by molar-refractivity contribution is 0.307. The summed E-state index contributed by atoms with van der Waals surface area (Å²) in [6, 6.07) is 28.7. The molecule has 0 saturated carbocycles. The van der Waals surface area contributed by atoms with Crippen LogP contribution in [0.25, 0.3) is 22.0 Å². The van der Waals surface area contributed by atoms with Crippen molar-refractivity contribution < 1.29 is 4.74 Å². The molecule has 0 saturated heterocycles. The highest BCUT2D eigenvalue weighted by Gasteiger charge is 2.08. The summed E-state index contributed by atoms with van der Waals surface area (Å²) in [6.45, 7) is 0.556. The predicted octanol–water partition coefficient (Wildman–Crippen LogP) is 5.48. The fourth-order valence-electron chi connectivity index (χ4n) is 2.83. The maximum atomic E-state index is 6.03. The molecule has 1 heterocycles. The van der Waals surface area contributed by atoms with Crippen molar-refractivity contribution in [3.8, 4) is 16.9 Å². The number of aromatic nitrogens is 1. The molecule has 3 aromatic carbocycles. The van der Waals surface area contributed by atoms with Crippen molar-refractivity contribution in [1.29, 1.82) is 0 Å². The molecule has 0 atom stereocenters. The van der Waals surface area contributed by atoms with Gasteiger partial charge in [0.2, 0.25) is 0 Å². The molecule has 0 N–H and O–H groups in total. The molecule has 0 aliphatic rings. The lowest BCUT2D eigenvalue weighted by Gasteiger charge is -2.11. The zero-order chi connectivity index (χ0) is 16.2. The average molecular weight is 311 g/mol. The van der Waals surface area contributed by atoms with Crippen LogP contribution in [-0.4, -0.2) is 4.98 Å². The average Bonchev–Trinajstić information content (AvgIpc) is 2.67. The van der Waals surface area contributed by atoms with Gasteiger partial charge in [0.1, 0.15) is 12.4 Å². The number of hydrogen-bond donors (Lipinski definition) is 0. The highest BCUT2D eigenvalue weighted by atomic mass is 16.5. The summed E-state index contributed by atoms with van der Waals surface area (Å²) in [7, 11) is 0. The number of hydrogen-bond acceptors (Lipinski definition) is 2. The van der Waals surface area contributed by atoms with Crippen molar-refractivity contribution in [2.75, 3.05) is 0 Å². The van der Waals surface area contributed by atoms with E-state index in [2.05, 4.69) is 47.4 Å². The fraction of sp³-hybridized carbons (Fsp3) is 0.0455. The number of nitrogens with zero attached hydrogens (tertiary/aromatic N) is 1. The van der Waals surface area contributed by atoms with Crippen LogP contribution in [0.15, 0.2) is 91.1 Å².